The van der Waals surface area contributed by atoms with Gasteiger partial charge in [-0.15, -0.1) is 0 Å². The molecule has 0 spiro atoms. The van der Waals surface area contributed by atoms with Gasteiger partial charge >= 0.3 is 5.97 Å². The summed E-state index contributed by atoms with van der Waals surface area (Å²) >= 11 is 5.98. The number of hydrogen-bond donors (Lipinski definition) is 0. The summed E-state index contributed by atoms with van der Waals surface area (Å²) in [6, 6.07) is 9.81. The second-order valence-electron chi connectivity index (χ2n) is 5.16. The lowest BCUT2D eigenvalue weighted by molar-refractivity contribution is 0.0599. The molecule has 1 unspecified atom stereocenters. The van der Waals surface area contributed by atoms with E-state index in [1.165, 1.54) is 13.2 Å². The van der Waals surface area contributed by atoms with Gasteiger partial charge in [-0.25, -0.2) is 9.18 Å². The predicted octanol–water partition coefficient (Wildman–Crippen LogP) is 4.18. The first kappa shape index (κ1) is 18.6. The summed E-state index contributed by atoms with van der Waals surface area (Å²) in [6.45, 7) is 1.78. The van der Waals surface area contributed by atoms with Crippen molar-refractivity contribution in [2.24, 2.45) is 0 Å². The predicted molar refractivity (Wildman–Crippen MR) is 93.5 cm³/mol. The molecule has 0 aromatic heterocycles. The minimum atomic E-state index is -1.25. The van der Waals surface area contributed by atoms with Gasteiger partial charge < -0.3 is 4.74 Å². The highest BCUT2D eigenvalue weighted by Gasteiger charge is 2.15. The van der Waals surface area contributed by atoms with Crippen LogP contribution >= 0.6 is 11.6 Å². The number of hydrogen-bond acceptors (Lipinski definition) is 3. The van der Waals surface area contributed by atoms with E-state index >= 15 is 0 Å². The van der Waals surface area contributed by atoms with Crippen LogP contribution in [0.4, 0.5) is 4.39 Å². The average molecular weight is 369 g/mol. The molecule has 0 fully saturated rings. The van der Waals surface area contributed by atoms with Gasteiger partial charge in [-0.2, -0.15) is 0 Å². The molecule has 24 heavy (non-hydrogen) atoms. The van der Waals surface area contributed by atoms with Crippen molar-refractivity contribution in [3.05, 3.63) is 63.9 Å². The third-order valence-corrected chi connectivity index (χ3v) is 5.47. The number of ether oxygens (including phenoxy) is 1. The molecule has 3 nitrogen and oxygen atoms in total. The molecular weight excluding hydrogens is 351 g/mol. The molecule has 0 aliphatic heterocycles. The van der Waals surface area contributed by atoms with Gasteiger partial charge in [0, 0.05) is 5.75 Å². The van der Waals surface area contributed by atoms with Gasteiger partial charge in [-0.05, 0) is 42.2 Å². The Morgan fingerprint density at radius 1 is 1.21 bits per heavy atom. The topological polar surface area (TPSA) is 43.4 Å². The van der Waals surface area contributed by atoms with Crippen LogP contribution in [0.15, 0.2) is 41.3 Å². The number of methoxy groups -OCH3 is 1. The Kier molecular flexibility index (Phi) is 6.52. The molecule has 0 N–H and O–H groups in total. The van der Waals surface area contributed by atoms with Crippen LogP contribution in [0.25, 0.3) is 0 Å². The number of rotatable bonds is 6. The lowest BCUT2D eigenvalue weighted by Gasteiger charge is -2.10. The molecular formula is C18H18ClFO3S. The highest BCUT2D eigenvalue weighted by Crippen LogP contribution is 2.25. The smallest absolute Gasteiger partial charge is 0.338 e. The summed E-state index contributed by atoms with van der Waals surface area (Å²) in [5.74, 6) is -0.446. The Bertz CT molecular complexity index is 777. The molecule has 0 saturated heterocycles. The molecule has 0 bridgehead atoms. The van der Waals surface area contributed by atoms with Gasteiger partial charge in [0.05, 0.1) is 33.4 Å². The van der Waals surface area contributed by atoms with Crippen molar-refractivity contribution in [1.82, 2.24) is 0 Å². The Labute approximate surface area is 148 Å². The first-order valence-corrected chi connectivity index (χ1v) is 9.20. The highest BCUT2D eigenvalue weighted by molar-refractivity contribution is 7.85. The number of benzene rings is 2. The Hall–Kier alpha value is -1.72. The number of aryl methyl sites for hydroxylation is 2. The van der Waals surface area contributed by atoms with Gasteiger partial charge in [0.1, 0.15) is 5.82 Å². The largest absolute Gasteiger partial charge is 0.465 e. The summed E-state index contributed by atoms with van der Waals surface area (Å²) in [5.41, 5.74) is 1.67. The number of carbonyl (C=O) groups is 1. The first-order chi connectivity index (χ1) is 11.5. The van der Waals surface area contributed by atoms with Gasteiger partial charge in [0.25, 0.3) is 0 Å². The summed E-state index contributed by atoms with van der Waals surface area (Å²) in [7, 11) is 0.0693. The summed E-state index contributed by atoms with van der Waals surface area (Å²) in [4.78, 5) is 12.2. The maximum Gasteiger partial charge on any atom is 0.338 e. The van der Waals surface area contributed by atoms with Gasteiger partial charge in [0.15, 0.2) is 0 Å². The van der Waals surface area contributed by atoms with Crippen molar-refractivity contribution in [3.63, 3.8) is 0 Å². The Morgan fingerprint density at radius 2 is 1.88 bits per heavy atom. The number of halogens is 2. The normalized spacial score (nSPS) is 12.0. The molecule has 1 atom stereocenters. The first-order valence-electron chi connectivity index (χ1n) is 7.50. The van der Waals surface area contributed by atoms with E-state index in [4.69, 9.17) is 16.3 Å². The third kappa shape index (κ3) is 4.22. The van der Waals surface area contributed by atoms with Crippen molar-refractivity contribution >= 4 is 28.4 Å². The van der Waals surface area contributed by atoms with Crippen molar-refractivity contribution < 1.29 is 18.1 Å². The fourth-order valence-electron chi connectivity index (χ4n) is 2.41. The fraction of sp³-hybridized carbons (Fsp3) is 0.278. The molecule has 2 rings (SSSR count). The molecule has 0 saturated carbocycles. The quantitative estimate of drug-likeness (QED) is 0.718. The minimum Gasteiger partial charge on any atom is -0.465 e. The maximum absolute atomic E-state index is 14.2. The Morgan fingerprint density at radius 3 is 2.54 bits per heavy atom. The van der Waals surface area contributed by atoms with Crippen molar-refractivity contribution in [2.75, 3.05) is 12.9 Å². The summed E-state index contributed by atoms with van der Waals surface area (Å²) in [6.07, 6.45) is 0.826. The van der Waals surface area contributed by atoms with E-state index in [2.05, 4.69) is 0 Å². The second kappa shape index (κ2) is 8.40. The van der Waals surface area contributed by atoms with Crippen molar-refractivity contribution in [1.29, 1.82) is 0 Å². The van der Waals surface area contributed by atoms with Gasteiger partial charge in [0.2, 0.25) is 0 Å². The summed E-state index contributed by atoms with van der Waals surface area (Å²) in [5, 5.41) is 0.173. The zero-order chi connectivity index (χ0) is 17.7. The molecule has 128 valence electrons. The molecule has 0 radical (unpaired) electrons. The second-order valence-corrected chi connectivity index (χ2v) is 7.27. The summed E-state index contributed by atoms with van der Waals surface area (Å²) < 4.78 is 30.9. The molecule has 0 amide bonds. The zero-order valence-electron chi connectivity index (χ0n) is 13.5. The van der Waals surface area contributed by atoms with Crippen LogP contribution in [0.3, 0.4) is 0 Å². The van der Waals surface area contributed by atoms with Crippen LogP contribution in [0.1, 0.15) is 28.4 Å². The SMILES string of the molecule is CCS(=O)c1cc(CCc2ccccc2C(=O)OC)c(F)cc1Cl. The monoisotopic (exact) mass is 368 g/mol. The standard InChI is InChI=1S/C18H18ClFO3S/c1-3-24(22)17-10-13(16(20)11-15(17)19)9-8-12-6-4-5-7-14(12)18(21)23-2/h4-7,10-11H,3,8-9H2,1-2H3. The van der Waals surface area contributed by atoms with E-state index in [1.54, 1.807) is 25.1 Å². The highest BCUT2D eigenvalue weighted by atomic mass is 35.5. The number of carbonyl (C=O) groups excluding carboxylic acids is 1. The van der Waals surface area contributed by atoms with E-state index in [1.807, 2.05) is 12.1 Å². The molecule has 0 aliphatic carbocycles. The zero-order valence-corrected chi connectivity index (χ0v) is 15.0. The van der Waals surface area contributed by atoms with Crippen LogP contribution in [-0.4, -0.2) is 23.0 Å². The van der Waals surface area contributed by atoms with E-state index in [-0.39, 0.29) is 5.02 Å². The molecule has 0 aliphatic rings. The molecule has 2 aromatic carbocycles. The fourth-order valence-corrected chi connectivity index (χ4v) is 3.68. The van der Waals surface area contributed by atoms with Crippen LogP contribution < -0.4 is 0 Å². The lowest BCUT2D eigenvalue weighted by atomic mass is 9.99. The van der Waals surface area contributed by atoms with E-state index in [0.717, 1.165) is 5.56 Å². The van der Waals surface area contributed by atoms with Crippen molar-refractivity contribution in [3.8, 4) is 0 Å². The van der Waals surface area contributed by atoms with Crippen LogP contribution in [0, 0.1) is 5.82 Å². The van der Waals surface area contributed by atoms with E-state index in [9.17, 15) is 13.4 Å². The van der Waals surface area contributed by atoms with E-state index < -0.39 is 22.6 Å². The van der Waals surface area contributed by atoms with Crippen LogP contribution in [-0.2, 0) is 28.4 Å². The third-order valence-electron chi connectivity index (χ3n) is 3.69. The van der Waals surface area contributed by atoms with Gasteiger partial charge in [-0.3, -0.25) is 4.21 Å². The number of esters is 1. The van der Waals surface area contributed by atoms with Gasteiger partial charge in [-0.1, -0.05) is 36.7 Å². The minimum absolute atomic E-state index is 0.173. The molecule has 2 aromatic rings. The van der Waals surface area contributed by atoms with E-state index in [0.29, 0.717) is 34.6 Å². The van der Waals surface area contributed by atoms with Crippen LogP contribution in [0.2, 0.25) is 5.02 Å². The Balaban J connectivity index is 2.27. The molecule has 6 heteroatoms. The maximum atomic E-state index is 14.2. The molecule has 0 heterocycles. The van der Waals surface area contributed by atoms with Crippen LogP contribution in [0.5, 0.6) is 0 Å². The lowest BCUT2D eigenvalue weighted by Crippen LogP contribution is -2.07. The van der Waals surface area contributed by atoms with Crippen molar-refractivity contribution in [2.45, 2.75) is 24.7 Å². The average Bonchev–Trinajstić information content (AvgIpc) is 2.60.